The van der Waals surface area contributed by atoms with Gasteiger partial charge < -0.3 is 10.2 Å². The van der Waals surface area contributed by atoms with Gasteiger partial charge in [-0.2, -0.15) is 0 Å². The first kappa shape index (κ1) is 8.13. The van der Waals surface area contributed by atoms with E-state index in [4.69, 9.17) is 10.2 Å². The molecular formula is C8H12N2OS. The fourth-order valence-corrected chi connectivity index (χ4v) is 1.98. The molecule has 0 aromatic carbocycles. The van der Waals surface area contributed by atoms with Crippen molar-refractivity contribution in [3.63, 3.8) is 0 Å². The molecule has 0 saturated heterocycles. The zero-order chi connectivity index (χ0) is 8.39. The van der Waals surface area contributed by atoms with E-state index in [0.29, 0.717) is 6.04 Å². The molecule has 0 amide bonds. The van der Waals surface area contributed by atoms with E-state index in [1.54, 1.807) is 24.2 Å². The van der Waals surface area contributed by atoms with E-state index in [1.807, 2.05) is 0 Å². The molecule has 1 aromatic heterocycles. The second-order valence-electron chi connectivity index (χ2n) is 3.11. The lowest BCUT2D eigenvalue weighted by Crippen LogP contribution is -2.24. The molecule has 2 rings (SSSR count). The molecule has 1 saturated carbocycles. The number of aromatic nitrogens is 1. The minimum atomic E-state index is 0.321. The molecule has 1 unspecified atom stereocenters. The number of nitrogens with two attached hydrogens (primary N) is 1. The van der Waals surface area contributed by atoms with Crippen LogP contribution in [0.3, 0.4) is 0 Å². The molecule has 3 nitrogen and oxygen atoms in total. The van der Waals surface area contributed by atoms with Crippen LogP contribution >= 0.6 is 11.8 Å². The van der Waals surface area contributed by atoms with Crippen molar-refractivity contribution in [1.29, 1.82) is 0 Å². The van der Waals surface area contributed by atoms with Gasteiger partial charge in [-0.15, -0.1) is 0 Å². The first-order valence-electron chi connectivity index (χ1n) is 4.14. The van der Waals surface area contributed by atoms with Gasteiger partial charge in [-0.25, -0.2) is 4.98 Å². The van der Waals surface area contributed by atoms with Gasteiger partial charge in [0.15, 0.2) is 0 Å². The van der Waals surface area contributed by atoms with Crippen molar-refractivity contribution in [3.8, 4) is 0 Å². The fraction of sp³-hybridized carbons (Fsp3) is 0.625. The number of thioether (sulfide) groups is 1. The molecule has 0 aliphatic heterocycles. The SMILES string of the molecule is NC(CSc1ncco1)C1CC1. The van der Waals surface area contributed by atoms with Crippen molar-refractivity contribution in [2.45, 2.75) is 24.1 Å². The van der Waals surface area contributed by atoms with Crippen molar-refractivity contribution in [1.82, 2.24) is 4.98 Å². The average Bonchev–Trinajstić information content (AvgIpc) is 2.80. The second kappa shape index (κ2) is 3.49. The zero-order valence-electron chi connectivity index (χ0n) is 6.77. The van der Waals surface area contributed by atoms with Crippen molar-refractivity contribution in [2.75, 3.05) is 5.75 Å². The van der Waals surface area contributed by atoms with E-state index in [0.717, 1.165) is 16.9 Å². The van der Waals surface area contributed by atoms with Gasteiger partial charge in [0, 0.05) is 11.8 Å². The van der Waals surface area contributed by atoms with Crippen LogP contribution in [-0.4, -0.2) is 16.8 Å². The van der Waals surface area contributed by atoms with Gasteiger partial charge >= 0.3 is 0 Å². The summed E-state index contributed by atoms with van der Waals surface area (Å²) < 4.78 is 5.08. The highest BCUT2D eigenvalue weighted by Gasteiger charge is 2.28. The molecule has 1 atom stereocenters. The van der Waals surface area contributed by atoms with Crippen LogP contribution in [0.5, 0.6) is 0 Å². The van der Waals surface area contributed by atoms with Crippen LogP contribution in [-0.2, 0) is 0 Å². The van der Waals surface area contributed by atoms with Gasteiger partial charge in [0.05, 0.1) is 6.20 Å². The Morgan fingerprint density at radius 2 is 2.58 bits per heavy atom. The molecule has 1 aliphatic rings. The predicted octanol–water partition coefficient (Wildman–Crippen LogP) is 1.50. The van der Waals surface area contributed by atoms with Gasteiger partial charge in [0.1, 0.15) is 6.26 Å². The third kappa shape index (κ3) is 2.01. The standard InChI is InChI=1S/C8H12N2OS/c9-7(6-1-2-6)5-12-8-10-3-4-11-8/h3-4,6-7H,1-2,5,9H2. The third-order valence-corrected chi connectivity index (χ3v) is 3.04. The minimum Gasteiger partial charge on any atom is -0.440 e. The molecule has 0 spiro atoms. The predicted molar refractivity (Wildman–Crippen MR) is 47.9 cm³/mol. The van der Waals surface area contributed by atoms with E-state index in [1.165, 1.54) is 12.8 Å². The Bertz CT molecular complexity index is 233. The quantitative estimate of drug-likeness (QED) is 0.720. The average molecular weight is 184 g/mol. The van der Waals surface area contributed by atoms with E-state index in [2.05, 4.69) is 4.98 Å². The van der Waals surface area contributed by atoms with Crippen LogP contribution < -0.4 is 5.73 Å². The Morgan fingerprint density at radius 3 is 3.17 bits per heavy atom. The summed E-state index contributed by atoms with van der Waals surface area (Å²) in [5.74, 6) is 1.68. The monoisotopic (exact) mass is 184 g/mol. The summed E-state index contributed by atoms with van der Waals surface area (Å²) >= 11 is 1.60. The number of nitrogens with zero attached hydrogens (tertiary/aromatic N) is 1. The second-order valence-corrected chi connectivity index (χ2v) is 4.08. The number of hydrogen-bond donors (Lipinski definition) is 1. The third-order valence-electron chi connectivity index (χ3n) is 2.04. The zero-order valence-corrected chi connectivity index (χ0v) is 7.59. The van der Waals surface area contributed by atoms with Crippen LogP contribution in [0.25, 0.3) is 0 Å². The Labute approximate surface area is 75.7 Å². The summed E-state index contributed by atoms with van der Waals surface area (Å²) in [7, 11) is 0. The van der Waals surface area contributed by atoms with Crippen molar-refractivity contribution in [3.05, 3.63) is 12.5 Å². The lowest BCUT2D eigenvalue weighted by atomic mass is 10.2. The Kier molecular flexibility index (Phi) is 2.37. The van der Waals surface area contributed by atoms with Crippen LogP contribution in [0.2, 0.25) is 0 Å². The summed E-state index contributed by atoms with van der Waals surface area (Å²) in [6, 6.07) is 0.321. The Morgan fingerprint density at radius 1 is 1.75 bits per heavy atom. The molecular weight excluding hydrogens is 172 g/mol. The molecule has 1 heterocycles. The smallest absolute Gasteiger partial charge is 0.255 e. The summed E-state index contributed by atoms with van der Waals surface area (Å²) in [4.78, 5) is 4.01. The lowest BCUT2D eigenvalue weighted by Gasteiger charge is -2.06. The van der Waals surface area contributed by atoms with E-state index in [-0.39, 0.29) is 0 Å². The maximum atomic E-state index is 5.91. The maximum Gasteiger partial charge on any atom is 0.255 e. The van der Waals surface area contributed by atoms with Crippen LogP contribution in [0.15, 0.2) is 22.1 Å². The van der Waals surface area contributed by atoms with E-state index < -0.39 is 0 Å². The van der Waals surface area contributed by atoms with Gasteiger partial charge in [-0.3, -0.25) is 0 Å². The lowest BCUT2D eigenvalue weighted by molar-refractivity contribution is 0.453. The fourth-order valence-electron chi connectivity index (χ4n) is 1.11. The summed E-state index contributed by atoms with van der Waals surface area (Å²) in [6.45, 7) is 0. The number of oxazole rings is 1. The molecule has 0 bridgehead atoms. The molecule has 1 aromatic rings. The Hall–Kier alpha value is -0.480. The number of rotatable bonds is 4. The molecule has 2 N–H and O–H groups in total. The maximum absolute atomic E-state index is 5.91. The van der Waals surface area contributed by atoms with Gasteiger partial charge in [-0.05, 0) is 18.8 Å². The van der Waals surface area contributed by atoms with E-state index >= 15 is 0 Å². The molecule has 66 valence electrons. The van der Waals surface area contributed by atoms with Crippen LogP contribution in [0.4, 0.5) is 0 Å². The molecule has 0 radical (unpaired) electrons. The molecule has 4 heteroatoms. The summed E-state index contributed by atoms with van der Waals surface area (Å²) in [5.41, 5.74) is 5.91. The summed E-state index contributed by atoms with van der Waals surface area (Å²) in [6.07, 6.45) is 5.84. The van der Waals surface area contributed by atoms with Crippen LogP contribution in [0, 0.1) is 5.92 Å². The molecule has 1 fully saturated rings. The van der Waals surface area contributed by atoms with Crippen LogP contribution in [0.1, 0.15) is 12.8 Å². The first-order chi connectivity index (χ1) is 5.86. The topological polar surface area (TPSA) is 52.0 Å². The van der Waals surface area contributed by atoms with Crippen molar-refractivity contribution in [2.24, 2.45) is 11.7 Å². The highest BCUT2D eigenvalue weighted by molar-refractivity contribution is 7.99. The molecule has 12 heavy (non-hydrogen) atoms. The van der Waals surface area contributed by atoms with E-state index in [9.17, 15) is 0 Å². The normalized spacial score (nSPS) is 19.4. The Balaban J connectivity index is 1.74. The minimum absolute atomic E-state index is 0.321. The number of hydrogen-bond acceptors (Lipinski definition) is 4. The molecule has 1 aliphatic carbocycles. The first-order valence-corrected chi connectivity index (χ1v) is 5.12. The summed E-state index contributed by atoms with van der Waals surface area (Å²) in [5, 5.41) is 0.728. The van der Waals surface area contributed by atoms with Gasteiger partial charge in [0.2, 0.25) is 0 Å². The van der Waals surface area contributed by atoms with Gasteiger partial charge in [-0.1, -0.05) is 11.8 Å². The largest absolute Gasteiger partial charge is 0.440 e. The van der Waals surface area contributed by atoms with Crippen molar-refractivity contribution < 1.29 is 4.42 Å². The highest BCUT2D eigenvalue weighted by atomic mass is 32.2. The van der Waals surface area contributed by atoms with Crippen molar-refractivity contribution >= 4 is 11.8 Å². The highest BCUT2D eigenvalue weighted by Crippen LogP contribution is 2.33. The van der Waals surface area contributed by atoms with Gasteiger partial charge in [0.25, 0.3) is 5.22 Å².